The molecule has 0 saturated heterocycles. The minimum atomic E-state index is -1.44. The van der Waals surface area contributed by atoms with Gasteiger partial charge >= 0.3 is 47.6 Å². The predicted octanol–water partition coefficient (Wildman–Crippen LogP) is 0.877. The molecule has 0 fully saturated rings. The van der Waals surface area contributed by atoms with Crippen LogP contribution in [0, 0.1) is 23.3 Å². The number of carbonyl (C=O) groups excluding carboxylic acids is 3. The summed E-state index contributed by atoms with van der Waals surface area (Å²) < 4.78 is 52.1. The van der Waals surface area contributed by atoms with E-state index in [1.54, 1.807) is 0 Å². The van der Waals surface area contributed by atoms with Crippen LogP contribution in [0.1, 0.15) is 46.0 Å². The van der Waals surface area contributed by atoms with Gasteiger partial charge in [-0.15, -0.1) is 0 Å². The number of carboxylic acids is 2. The Kier molecular flexibility index (Phi) is 15.0. The molecular weight excluding hydrogens is 667 g/mol. The van der Waals surface area contributed by atoms with E-state index in [1.807, 2.05) is 0 Å². The van der Waals surface area contributed by atoms with E-state index >= 15 is 0 Å². The van der Waals surface area contributed by atoms with Crippen molar-refractivity contribution in [3.8, 4) is 0 Å². The standard InChI is InChI=1S/2C15H12F2N4O3.Na/c2*1-8(13-12(14(22)23)3-2-4-18-13)20-21-15(24)19-11-6-9(16)5-10(17)7-11;/h2*2-7H,1H3,(H,22,23)(H2,19,21,24);/q;;+1/p-1/b2*20-8+;. The largest absolute Gasteiger partial charge is 1.00 e. The van der Waals surface area contributed by atoms with Crippen LogP contribution in [-0.2, 0) is 0 Å². The Morgan fingerprint density at radius 3 is 1.41 bits per heavy atom. The van der Waals surface area contributed by atoms with Crippen LogP contribution in [0.25, 0.3) is 0 Å². The molecule has 0 aliphatic heterocycles. The van der Waals surface area contributed by atoms with Gasteiger partial charge in [0.15, 0.2) is 0 Å². The number of carboxylic acid groups (broad SMARTS) is 2. The van der Waals surface area contributed by atoms with Crippen LogP contribution >= 0.6 is 0 Å². The molecule has 4 amide bonds. The maximum atomic E-state index is 13.0. The van der Waals surface area contributed by atoms with Crippen LogP contribution in [0.5, 0.6) is 0 Å². The van der Waals surface area contributed by atoms with Crippen LogP contribution < -0.4 is 56.1 Å². The van der Waals surface area contributed by atoms with Gasteiger partial charge in [0.1, 0.15) is 29.0 Å². The first kappa shape index (κ1) is 39.5. The van der Waals surface area contributed by atoms with Gasteiger partial charge in [-0.2, -0.15) is 10.2 Å². The summed E-state index contributed by atoms with van der Waals surface area (Å²) in [6, 6.07) is 8.82. The number of anilines is 2. The predicted molar refractivity (Wildman–Crippen MR) is 161 cm³/mol. The van der Waals surface area contributed by atoms with Gasteiger partial charge in [-0.05, 0) is 62.4 Å². The van der Waals surface area contributed by atoms with Crippen LogP contribution in [-0.4, -0.2) is 50.5 Å². The second-order valence-electron chi connectivity index (χ2n) is 9.23. The molecule has 5 N–H and O–H groups in total. The van der Waals surface area contributed by atoms with Gasteiger partial charge in [-0.1, -0.05) is 0 Å². The molecule has 0 aliphatic rings. The van der Waals surface area contributed by atoms with Gasteiger partial charge in [0.25, 0.3) is 0 Å². The molecule has 0 bridgehead atoms. The van der Waals surface area contributed by atoms with Crippen molar-refractivity contribution in [1.82, 2.24) is 20.8 Å². The fourth-order valence-electron chi connectivity index (χ4n) is 3.67. The molecule has 4 aromatic rings. The van der Waals surface area contributed by atoms with Crippen molar-refractivity contribution in [3.63, 3.8) is 0 Å². The van der Waals surface area contributed by atoms with E-state index in [-0.39, 0.29) is 74.9 Å². The van der Waals surface area contributed by atoms with E-state index in [0.717, 1.165) is 24.3 Å². The fourth-order valence-corrected chi connectivity index (χ4v) is 3.67. The Labute approximate surface area is 296 Å². The van der Waals surface area contributed by atoms with Gasteiger partial charge in [0.2, 0.25) is 0 Å². The molecule has 0 aliphatic carbocycles. The molecule has 248 valence electrons. The molecule has 0 unspecified atom stereocenters. The maximum absolute atomic E-state index is 13.0. The molecule has 0 radical (unpaired) electrons. The van der Waals surface area contributed by atoms with Crippen molar-refractivity contribution in [3.05, 3.63) is 119 Å². The summed E-state index contributed by atoms with van der Waals surface area (Å²) in [6.45, 7) is 2.88. The molecule has 2 aromatic heterocycles. The zero-order valence-corrected chi connectivity index (χ0v) is 27.7. The zero-order valence-electron chi connectivity index (χ0n) is 25.7. The molecule has 4 rings (SSSR count). The van der Waals surface area contributed by atoms with Gasteiger partial charge in [-0.3, -0.25) is 9.97 Å². The van der Waals surface area contributed by atoms with Crippen LogP contribution in [0.3, 0.4) is 0 Å². The Morgan fingerprint density at radius 2 is 1.04 bits per heavy atom. The van der Waals surface area contributed by atoms with Gasteiger partial charge in [-0.25, -0.2) is 42.8 Å². The van der Waals surface area contributed by atoms with E-state index in [2.05, 4.69) is 41.7 Å². The molecular formula is C30H23F4N8NaO6. The number of benzene rings is 2. The molecule has 2 aromatic carbocycles. The molecule has 0 atom stereocenters. The number of aromatic carboxylic acids is 2. The summed E-state index contributed by atoms with van der Waals surface area (Å²) in [4.78, 5) is 53.2. The van der Waals surface area contributed by atoms with Crippen molar-refractivity contribution in [2.24, 2.45) is 10.2 Å². The van der Waals surface area contributed by atoms with Crippen LogP contribution in [0.15, 0.2) is 83.3 Å². The number of urea groups is 2. The molecule has 19 heteroatoms. The van der Waals surface area contributed by atoms with Crippen molar-refractivity contribution in [2.45, 2.75) is 13.8 Å². The molecule has 0 saturated carbocycles. The number of pyridine rings is 2. The summed E-state index contributed by atoms with van der Waals surface area (Å²) in [7, 11) is 0. The minimum absolute atomic E-state index is 0. The Hall–Kier alpha value is -5.72. The Bertz CT molecular complexity index is 1750. The van der Waals surface area contributed by atoms with Gasteiger partial charge in [0, 0.05) is 41.5 Å². The van der Waals surface area contributed by atoms with Gasteiger partial charge in [0.05, 0.1) is 28.7 Å². The third kappa shape index (κ3) is 12.4. The number of rotatable bonds is 8. The van der Waals surface area contributed by atoms with E-state index in [4.69, 9.17) is 5.11 Å². The SMILES string of the molecule is C/C(=N\NC(=O)Nc1cc(F)cc(F)c1)c1ncccc1C(=O)O.C/C(=N\NC(=O)Nc1cc(F)cc(F)c1)c1ncccc1C(=O)[O-].[Na+]. The number of halogens is 4. The molecule has 2 heterocycles. The number of nitrogens with one attached hydrogen (secondary N) is 4. The smallest absolute Gasteiger partial charge is 0.545 e. The topological polar surface area (TPSA) is 210 Å². The molecule has 14 nitrogen and oxygen atoms in total. The van der Waals surface area contributed by atoms with Crippen LogP contribution in [0.2, 0.25) is 0 Å². The third-order valence-corrected chi connectivity index (χ3v) is 5.64. The number of amides is 4. The molecule has 0 spiro atoms. The van der Waals surface area contributed by atoms with Crippen LogP contribution in [0.4, 0.5) is 38.5 Å². The quantitative estimate of drug-likeness (QED) is 0.0774. The first-order valence-corrected chi connectivity index (χ1v) is 13.2. The third-order valence-electron chi connectivity index (χ3n) is 5.64. The monoisotopic (exact) mass is 690 g/mol. The summed E-state index contributed by atoms with van der Waals surface area (Å²) in [5.41, 5.74) is 4.07. The van der Waals surface area contributed by atoms with Gasteiger partial charge < -0.3 is 25.6 Å². The maximum Gasteiger partial charge on any atom is 1.00 e. The summed E-state index contributed by atoms with van der Waals surface area (Å²) in [5, 5.41) is 31.9. The number of carbonyl (C=O) groups is 4. The number of aromatic nitrogens is 2. The summed E-state index contributed by atoms with van der Waals surface area (Å²) in [5.74, 6) is -6.01. The summed E-state index contributed by atoms with van der Waals surface area (Å²) in [6.07, 6.45) is 2.74. The fraction of sp³-hybridized carbons (Fsp3) is 0.0667. The second-order valence-corrected chi connectivity index (χ2v) is 9.23. The Morgan fingerprint density at radius 1 is 0.673 bits per heavy atom. The van der Waals surface area contributed by atoms with Crippen molar-refractivity contribution >= 4 is 46.8 Å². The Balaban J connectivity index is 0.000000333. The van der Waals surface area contributed by atoms with E-state index in [1.165, 1.54) is 50.5 Å². The number of nitrogens with zero attached hydrogens (tertiary/aromatic N) is 4. The number of hydrogen-bond donors (Lipinski definition) is 5. The first-order valence-electron chi connectivity index (χ1n) is 13.2. The normalized spacial score (nSPS) is 10.8. The summed E-state index contributed by atoms with van der Waals surface area (Å²) >= 11 is 0. The average molecular weight is 691 g/mol. The van der Waals surface area contributed by atoms with Crippen molar-refractivity contribution in [1.29, 1.82) is 0 Å². The average Bonchev–Trinajstić information content (AvgIpc) is 3.01. The number of hydrogen-bond acceptors (Lipinski definition) is 9. The minimum Gasteiger partial charge on any atom is -0.545 e. The van der Waals surface area contributed by atoms with E-state index < -0.39 is 47.3 Å². The van der Waals surface area contributed by atoms with Crippen molar-refractivity contribution in [2.75, 3.05) is 10.6 Å². The second kappa shape index (κ2) is 18.6. The van der Waals surface area contributed by atoms with Crippen molar-refractivity contribution < 1.29 is 76.5 Å². The number of hydrazone groups is 2. The first-order chi connectivity index (χ1) is 22.7. The van der Waals surface area contributed by atoms with E-state index in [0.29, 0.717) is 12.1 Å². The molecule has 49 heavy (non-hydrogen) atoms. The van der Waals surface area contributed by atoms with E-state index in [9.17, 15) is 41.8 Å². The zero-order chi connectivity index (χ0) is 35.4.